The highest BCUT2D eigenvalue weighted by atomic mass is 79.9. The molecule has 0 radical (unpaired) electrons. The summed E-state index contributed by atoms with van der Waals surface area (Å²) >= 11 is 6.75. The molecule has 0 aliphatic rings. The molecular formula is C15H13Br2NO. The molecule has 0 fully saturated rings. The fourth-order valence-corrected chi connectivity index (χ4v) is 2.44. The van der Waals surface area contributed by atoms with E-state index >= 15 is 0 Å². The van der Waals surface area contributed by atoms with Crippen LogP contribution >= 0.6 is 31.9 Å². The zero-order valence-corrected chi connectivity index (χ0v) is 13.6. The van der Waals surface area contributed by atoms with Gasteiger partial charge in [0.2, 0.25) is 0 Å². The van der Waals surface area contributed by atoms with Gasteiger partial charge in [0, 0.05) is 15.5 Å². The lowest BCUT2D eigenvalue weighted by Gasteiger charge is -2.08. The first-order valence-electron chi connectivity index (χ1n) is 5.85. The Kier molecular flexibility index (Phi) is 4.77. The van der Waals surface area contributed by atoms with Crippen LogP contribution in [0.2, 0.25) is 0 Å². The Balaban J connectivity index is 2.05. The van der Waals surface area contributed by atoms with Crippen molar-refractivity contribution in [2.24, 2.45) is 0 Å². The highest BCUT2D eigenvalue weighted by molar-refractivity contribution is 9.11. The molecule has 0 saturated heterocycles. The fraction of sp³-hybridized carbons (Fsp3) is 0.133. The minimum absolute atomic E-state index is 0.0891. The lowest BCUT2D eigenvalue weighted by atomic mass is 10.1. The SMILES string of the molecule is Cc1ccc(CNC(=O)c2cc(Br)ccc2Br)cc1. The third kappa shape index (κ3) is 3.91. The molecule has 19 heavy (non-hydrogen) atoms. The summed E-state index contributed by atoms with van der Waals surface area (Å²) in [5.41, 5.74) is 2.93. The predicted octanol–water partition coefficient (Wildman–Crippen LogP) is 4.45. The number of nitrogens with one attached hydrogen (secondary N) is 1. The van der Waals surface area contributed by atoms with Crippen LogP contribution in [0, 0.1) is 6.92 Å². The maximum atomic E-state index is 12.1. The lowest BCUT2D eigenvalue weighted by Crippen LogP contribution is -2.23. The zero-order valence-electron chi connectivity index (χ0n) is 10.4. The van der Waals surface area contributed by atoms with Gasteiger partial charge in [-0.2, -0.15) is 0 Å². The summed E-state index contributed by atoms with van der Waals surface area (Å²) in [5, 5.41) is 2.91. The Bertz CT molecular complexity index is 594. The van der Waals surface area contributed by atoms with Gasteiger partial charge >= 0.3 is 0 Å². The number of carbonyl (C=O) groups is 1. The van der Waals surface area contributed by atoms with Crippen LogP contribution in [0.15, 0.2) is 51.4 Å². The van der Waals surface area contributed by atoms with Crippen LogP contribution < -0.4 is 5.32 Å². The number of carbonyl (C=O) groups excluding carboxylic acids is 1. The first kappa shape index (κ1) is 14.3. The normalized spacial score (nSPS) is 10.3. The second-order valence-corrected chi connectivity index (χ2v) is 6.06. The van der Waals surface area contributed by atoms with Crippen molar-refractivity contribution in [1.29, 1.82) is 0 Å². The first-order valence-corrected chi connectivity index (χ1v) is 7.43. The summed E-state index contributed by atoms with van der Waals surface area (Å²) in [5.74, 6) is -0.0891. The molecule has 0 unspecified atom stereocenters. The average Bonchev–Trinajstić information content (AvgIpc) is 2.40. The largest absolute Gasteiger partial charge is 0.348 e. The van der Waals surface area contributed by atoms with E-state index in [0.29, 0.717) is 12.1 Å². The summed E-state index contributed by atoms with van der Waals surface area (Å²) in [6, 6.07) is 13.7. The molecule has 2 aromatic carbocycles. The van der Waals surface area contributed by atoms with Gasteiger partial charge in [-0.1, -0.05) is 45.8 Å². The van der Waals surface area contributed by atoms with Crippen LogP contribution in [0.1, 0.15) is 21.5 Å². The van der Waals surface area contributed by atoms with Gasteiger partial charge in [-0.25, -0.2) is 0 Å². The molecule has 0 heterocycles. The van der Waals surface area contributed by atoms with Crippen LogP contribution in [-0.2, 0) is 6.54 Å². The Labute approximate surface area is 129 Å². The molecule has 1 N–H and O–H groups in total. The van der Waals surface area contributed by atoms with Crippen LogP contribution in [0.3, 0.4) is 0 Å². The van der Waals surface area contributed by atoms with E-state index in [1.807, 2.05) is 43.3 Å². The number of halogens is 2. The molecule has 2 nitrogen and oxygen atoms in total. The number of rotatable bonds is 3. The smallest absolute Gasteiger partial charge is 0.252 e. The molecule has 1 amide bonds. The predicted molar refractivity (Wildman–Crippen MR) is 84.2 cm³/mol. The van der Waals surface area contributed by atoms with Crippen molar-refractivity contribution in [3.05, 3.63) is 68.1 Å². The van der Waals surface area contributed by atoms with Gasteiger partial charge in [-0.05, 0) is 46.6 Å². The van der Waals surface area contributed by atoms with Gasteiger partial charge in [-0.15, -0.1) is 0 Å². The summed E-state index contributed by atoms with van der Waals surface area (Å²) in [6.07, 6.45) is 0. The monoisotopic (exact) mass is 381 g/mol. The van der Waals surface area contributed by atoms with Crippen molar-refractivity contribution in [2.75, 3.05) is 0 Å². The van der Waals surface area contributed by atoms with Crippen LogP contribution in [-0.4, -0.2) is 5.91 Å². The average molecular weight is 383 g/mol. The number of amides is 1. The van der Waals surface area contributed by atoms with Crippen molar-refractivity contribution in [3.63, 3.8) is 0 Å². The molecule has 0 aliphatic heterocycles. The highest BCUT2D eigenvalue weighted by Gasteiger charge is 2.10. The Morgan fingerprint density at radius 1 is 1.11 bits per heavy atom. The maximum Gasteiger partial charge on any atom is 0.252 e. The van der Waals surface area contributed by atoms with Crippen molar-refractivity contribution in [1.82, 2.24) is 5.32 Å². The molecule has 98 valence electrons. The van der Waals surface area contributed by atoms with Crippen LogP contribution in [0.5, 0.6) is 0 Å². The summed E-state index contributed by atoms with van der Waals surface area (Å²) in [6.45, 7) is 2.57. The minimum atomic E-state index is -0.0891. The van der Waals surface area contributed by atoms with Crippen LogP contribution in [0.4, 0.5) is 0 Å². The van der Waals surface area contributed by atoms with E-state index in [4.69, 9.17) is 0 Å². The maximum absolute atomic E-state index is 12.1. The van der Waals surface area contributed by atoms with E-state index < -0.39 is 0 Å². The molecule has 0 atom stereocenters. The van der Waals surface area contributed by atoms with E-state index in [2.05, 4.69) is 37.2 Å². The lowest BCUT2D eigenvalue weighted by molar-refractivity contribution is 0.0950. The van der Waals surface area contributed by atoms with Gasteiger partial charge in [0.1, 0.15) is 0 Å². The van der Waals surface area contributed by atoms with Crippen molar-refractivity contribution >= 4 is 37.8 Å². The van der Waals surface area contributed by atoms with Gasteiger partial charge in [-0.3, -0.25) is 4.79 Å². The molecule has 2 aromatic rings. The van der Waals surface area contributed by atoms with E-state index in [-0.39, 0.29) is 5.91 Å². The molecule has 0 saturated carbocycles. The molecule has 0 aromatic heterocycles. The van der Waals surface area contributed by atoms with Crippen molar-refractivity contribution < 1.29 is 4.79 Å². The zero-order chi connectivity index (χ0) is 13.8. The molecule has 0 spiro atoms. The van der Waals surface area contributed by atoms with Crippen LogP contribution in [0.25, 0.3) is 0 Å². The summed E-state index contributed by atoms with van der Waals surface area (Å²) < 4.78 is 1.67. The number of hydrogen-bond donors (Lipinski definition) is 1. The second kappa shape index (κ2) is 6.35. The summed E-state index contributed by atoms with van der Waals surface area (Å²) in [4.78, 5) is 12.1. The van der Waals surface area contributed by atoms with E-state index in [9.17, 15) is 4.79 Å². The number of hydrogen-bond acceptors (Lipinski definition) is 1. The van der Waals surface area contributed by atoms with Gasteiger partial charge in [0.15, 0.2) is 0 Å². The Morgan fingerprint density at radius 3 is 2.47 bits per heavy atom. The number of benzene rings is 2. The molecular weight excluding hydrogens is 370 g/mol. The fourth-order valence-electron chi connectivity index (χ4n) is 1.65. The molecule has 2 rings (SSSR count). The van der Waals surface area contributed by atoms with Crippen molar-refractivity contribution in [3.8, 4) is 0 Å². The molecule has 0 bridgehead atoms. The Hall–Kier alpha value is -1.13. The van der Waals surface area contributed by atoms with E-state index in [1.54, 1.807) is 6.07 Å². The first-order chi connectivity index (χ1) is 9.06. The van der Waals surface area contributed by atoms with E-state index in [1.165, 1.54) is 5.56 Å². The minimum Gasteiger partial charge on any atom is -0.348 e. The van der Waals surface area contributed by atoms with Gasteiger partial charge < -0.3 is 5.32 Å². The second-order valence-electron chi connectivity index (χ2n) is 4.29. The van der Waals surface area contributed by atoms with Gasteiger partial charge in [0.25, 0.3) is 5.91 Å². The topological polar surface area (TPSA) is 29.1 Å². The molecule has 0 aliphatic carbocycles. The van der Waals surface area contributed by atoms with E-state index in [0.717, 1.165) is 14.5 Å². The van der Waals surface area contributed by atoms with Gasteiger partial charge in [0.05, 0.1) is 5.56 Å². The third-order valence-corrected chi connectivity index (χ3v) is 3.93. The standard InChI is InChI=1S/C15H13Br2NO/c1-10-2-4-11(5-3-10)9-18-15(19)13-8-12(16)6-7-14(13)17/h2-8H,9H2,1H3,(H,18,19). The third-order valence-electron chi connectivity index (χ3n) is 2.75. The quantitative estimate of drug-likeness (QED) is 0.834. The number of aryl methyl sites for hydroxylation is 1. The van der Waals surface area contributed by atoms with Crippen molar-refractivity contribution in [2.45, 2.75) is 13.5 Å². The summed E-state index contributed by atoms with van der Waals surface area (Å²) in [7, 11) is 0. The highest BCUT2D eigenvalue weighted by Crippen LogP contribution is 2.21. The Morgan fingerprint density at radius 2 is 1.79 bits per heavy atom. The molecule has 4 heteroatoms.